The van der Waals surface area contributed by atoms with Gasteiger partial charge in [-0.3, -0.25) is 19.0 Å². The summed E-state index contributed by atoms with van der Waals surface area (Å²) < 4.78 is 17.0. The molecule has 4 N–H and O–H groups in total. The minimum absolute atomic E-state index is 0.0318. The fourth-order valence-corrected chi connectivity index (χ4v) is 7.72. The number of aliphatic hydroxyl groups is 2. The maximum atomic E-state index is 12.0. The number of hydrogen-bond donors (Lipinski definition) is 4. The van der Waals surface area contributed by atoms with E-state index >= 15 is 0 Å². The molecule has 1 unspecified atom stereocenters. The Morgan fingerprint density at radius 2 is 1.35 bits per heavy atom. The first-order valence-corrected chi connectivity index (χ1v) is 21.8. The van der Waals surface area contributed by atoms with Crippen molar-refractivity contribution in [2.24, 2.45) is 9.98 Å². The normalized spacial score (nSPS) is 12.1. The van der Waals surface area contributed by atoms with Crippen LogP contribution in [0.15, 0.2) is 9.98 Å². The Hall–Kier alpha value is 0.01000. The third-order valence-corrected chi connectivity index (χ3v) is 11.4. The summed E-state index contributed by atoms with van der Waals surface area (Å²) in [7, 11) is -1.10. The number of amides is 2. The van der Waals surface area contributed by atoms with Gasteiger partial charge in [0.25, 0.3) is 5.24 Å². The summed E-state index contributed by atoms with van der Waals surface area (Å²) in [6.45, 7) is 3.35. The molecule has 0 heterocycles. The van der Waals surface area contributed by atoms with Crippen LogP contribution in [-0.4, -0.2) is 159 Å². The Morgan fingerprint density at radius 1 is 0.721 bits per heavy atom. The summed E-state index contributed by atoms with van der Waals surface area (Å²) in [6.07, 6.45) is 0.856. The molecule has 0 aliphatic rings. The standard InChI is InChI=1S/C24H46N4O8S7/c29-5-13-39-15-7-34-23(31)27-3-11-38-10-2-26-22-43(33)20-19-41-17-18-42-24(32)28-4-12-37-9-1-25-21-36-35-8-16-40-14-6-30/h21-22,29-30H,1-20H2,(H,27,31)(H,28,32). The van der Waals surface area contributed by atoms with E-state index in [1.165, 1.54) is 35.5 Å². The Balaban J connectivity index is 3.42. The highest BCUT2D eigenvalue weighted by atomic mass is 32.2. The van der Waals surface area contributed by atoms with Gasteiger partial charge in [0.05, 0.1) is 36.1 Å². The maximum Gasteiger partial charge on any atom is 0.407 e. The summed E-state index contributed by atoms with van der Waals surface area (Å²) in [6, 6.07) is 0. The highest BCUT2D eigenvalue weighted by Crippen LogP contribution is 2.08. The Labute approximate surface area is 283 Å². The van der Waals surface area contributed by atoms with Gasteiger partial charge in [0, 0.05) is 88.7 Å². The van der Waals surface area contributed by atoms with Gasteiger partial charge in [-0.25, -0.2) is 4.79 Å². The van der Waals surface area contributed by atoms with E-state index in [-0.39, 0.29) is 18.5 Å². The summed E-state index contributed by atoms with van der Waals surface area (Å²) in [5.41, 5.74) is 1.50. The van der Waals surface area contributed by atoms with Gasteiger partial charge in [0.2, 0.25) is 6.40 Å². The lowest BCUT2D eigenvalue weighted by Gasteiger charge is -2.06. The van der Waals surface area contributed by atoms with Crippen LogP contribution in [-0.2, 0) is 25.3 Å². The lowest BCUT2D eigenvalue weighted by atomic mass is 10.7. The molecule has 0 fully saturated rings. The zero-order valence-corrected chi connectivity index (χ0v) is 30.1. The minimum Gasteiger partial charge on any atom is -0.449 e. The van der Waals surface area contributed by atoms with Crippen LogP contribution in [0.4, 0.5) is 9.59 Å². The van der Waals surface area contributed by atoms with Crippen LogP contribution in [0.3, 0.4) is 0 Å². The van der Waals surface area contributed by atoms with Gasteiger partial charge < -0.3 is 30.5 Å². The minimum atomic E-state index is -1.10. The fraction of sp³-hybridized carbons (Fsp3) is 0.833. The van der Waals surface area contributed by atoms with E-state index in [1.54, 1.807) is 47.0 Å². The largest absolute Gasteiger partial charge is 0.449 e. The zero-order chi connectivity index (χ0) is 31.5. The predicted molar refractivity (Wildman–Crippen MR) is 193 cm³/mol. The van der Waals surface area contributed by atoms with Gasteiger partial charge in [-0.1, -0.05) is 11.8 Å². The van der Waals surface area contributed by atoms with E-state index in [9.17, 15) is 13.8 Å². The quantitative estimate of drug-likeness (QED) is 0.0269. The van der Waals surface area contributed by atoms with Gasteiger partial charge in [-0.05, 0) is 0 Å². The second kappa shape index (κ2) is 36.5. The number of alkyl carbamates (subject to hydrolysis) is 1. The van der Waals surface area contributed by atoms with E-state index < -0.39 is 16.9 Å². The van der Waals surface area contributed by atoms with Crippen LogP contribution < -0.4 is 10.6 Å². The number of aliphatic hydroxyl groups excluding tert-OH is 2. The highest BCUT2D eigenvalue weighted by Gasteiger charge is 2.03. The third kappa shape index (κ3) is 36.4. The van der Waals surface area contributed by atoms with E-state index in [4.69, 9.17) is 24.7 Å². The summed E-state index contributed by atoms with van der Waals surface area (Å²) in [5, 5.41) is 22.9. The number of aliphatic imine (C=N–C) groups is 2. The molecule has 0 aliphatic heterocycles. The van der Waals surface area contributed by atoms with E-state index in [0.29, 0.717) is 68.2 Å². The second-order valence-electron chi connectivity index (χ2n) is 7.66. The second-order valence-corrected chi connectivity index (χ2v) is 16.2. The Morgan fingerprint density at radius 3 is 2.07 bits per heavy atom. The monoisotopic (exact) mass is 742 g/mol. The Bertz CT molecular complexity index is 746. The van der Waals surface area contributed by atoms with Crippen molar-refractivity contribution < 1.29 is 38.5 Å². The molecule has 0 bridgehead atoms. The van der Waals surface area contributed by atoms with Gasteiger partial charge in [0.15, 0.2) is 0 Å². The number of rotatable bonds is 31. The topological polar surface area (TPSA) is 168 Å². The van der Waals surface area contributed by atoms with Crippen molar-refractivity contribution in [3.05, 3.63) is 0 Å². The van der Waals surface area contributed by atoms with E-state index in [1.807, 2.05) is 0 Å². The molecule has 12 nitrogen and oxygen atoms in total. The molecule has 1 atom stereocenters. The molecule has 0 saturated heterocycles. The zero-order valence-electron chi connectivity index (χ0n) is 24.4. The molecule has 19 heteroatoms. The SMILES string of the molecule is O=C(NCCSCCN=CS(=O)CCSCCSC(=O)NCCSCCN=COOCCSCCO)OCCSCCO. The predicted octanol–water partition coefficient (Wildman–Crippen LogP) is 2.56. The summed E-state index contributed by atoms with van der Waals surface area (Å²) >= 11 is 9.40. The summed E-state index contributed by atoms with van der Waals surface area (Å²) in [4.78, 5) is 41.4. The molecule has 0 radical (unpaired) electrons. The first kappa shape index (κ1) is 43.0. The van der Waals surface area contributed by atoms with Crippen LogP contribution in [0, 0.1) is 0 Å². The average Bonchev–Trinajstić information content (AvgIpc) is 3.00. The van der Waals surface area contributed by atoms with Gasteiger partial charge in [-0.15, -0.1) is 0 Å². The molecule has 0 aromatic carbocycles. The van der Waals surface area contributed by atoms with Crippen molar-refractivity contribution in [2.45, 2.75) is 0 Å². The van der Waals surface area contributed by atoms with E-state index in [0.717, 1.165) is 40.3 Å². The van der Waals surface area contributed by atoms with Crippen LogP contribution in [0.25, 0.3) is 0 Å². The third-order valence-electron chi connectivity index (χ3n) is 4.27. The lowest BCUT2D eigenvalue weighted by Crippen LogP contribution is -2.27. The lowest BCUT2D eigenvalue weighted by molar-refractivity contribution is -0.210. The number of carbonyl (C=O) groups is 2. The van der Waals surface area contributed by atoms with Crippen molar-refractivity contribution in [1.29, 1.82) is 0 Å². The van der Waals surface area contributed by atoms with Crippen molar-refractivity contribution in [3.63, 3.8) is 0 Å². The fourth-order valence-electron chi connectivity index (χ4n) is 2.40. The first-order chi connectivity index (χ1) is 21.1. The van der Waals surface area contributed by atoms with E-state index in [2.05, 4.69) is 20.6 Å². The molecular formula is C24H46N4O8S7. The number of nitrogens with one attached hydrogen (secondary N) is 2. The number of thioether (sulfide) groups is 6. The number of hydrogen-bond acceptors (Lipinski definition) is 16. The number of carbonyl (C=O) groups excluding carboxylic acids is 2. The van der Waals surface area contributed by atoms with Crippen LogP contribution in [0.2, 0.25) is 0 Å². The van der Waals surface area contributed by atoms with Crippen molar-refractivity contribution in [3.8, 4) is 0 Å². The number of nitrogens with zero attached hydrogens (tertiary/aromatic N) is 2. The van der Waals surface area contributed by atoms with Crippen LogP contribution >= 0.6 is 70.6 Å². The van der Waals surface area contributed by atoms with Gasteiger partial charge in [-0.2, -0.15) is 63.7 Å². The van der Waals surface area contributed by atoms with Gasteiger partial charge >= 0.3 is 6.09 Å². The van der Waals surface area contributed by atoms with Gasteiger partial charge in [0.1, 0.15) is 13.2 Å². The van der Waals surface area contributed by atoms with Crippen LogP contribution in [0.1, 0.15) is 0 Å². The smallest absolute Gasteiger partial charge is 0.407 e. The molecule has 43 heavy (non-hydrogen) atoms. The number of ether oxygens (including phenoxy) is 1. The molecule has 0 rings (SSSR count). The summed E-state index contributed by atoms with van der Waals surface area (Å²) in [5.74, 6) is 8.71. The molecule has 2 amide bonds. The first-order valence-electron chi connectivity index (χ1n) is 13.7. The molecular weight excluding hydrogens is 697 g/mol. The van der Waals surface area contributed by atoms with Crippen molar-refractivity contribution in [2.75, 3.05) is 122 Å². The maximum absolute atomic E-state index is 12.0. The molecule has 0 aromatic rings. The molecule has 252 valence electrons. The average molecular weight is 743 g/mol. The molecule has 0 aromatic heterocycles. The molecule has 0 saturated carbocycles. The van der Waals surface area contributed by atoms with Crippen LogP contribution in [0.5, 0.6) is 0 Å². The molecule has 0 spiro atoms. The highest BCUT2D eigenvalue weighted by molar-refractivity contribution is 8.14. The van der Waals surface area contributed by atoms with Crippen molar-refractivity contribution in [1.82, 2.24) is 10.6 Å². The van der Waals surface area contributed by atoms with Crippen molar-refractivity contribution >= 4 is 105 Å². The molecule has 0 aliphatic carbocycles. The Kier molecular flexibility index (Phi) is 36.5.